The molecule has 0 aliphatic heterocycles. The summed E-state index contributed by atoms with van der Waals surface area (Å²) < 4.78 is 14.7. The van der Waals surface area contributed by atoms with Crippen LogP contribution in [0.15, 0.2) is 39.9 Å². The van der Waals surface area contributed by atoms with Crippen molar-refractivity contribution >= 4 is 23.1 Å². The third-order valence-corrected chi connectivity index (χ3v) is 4.41. The fraction of sp³-hybridized carbons (Fsp3) is 0.143. The van der Waals surface area contributed by atoms with Crippen LogP contribution in [-0.2, 0) is 5.75 Å². The van der Waals surface area contributed by atoms with Gasteiger partial charge < -0.3 is 5.11 Å². The van der Waals surface area contributed by atoms with Crippen LogP contribution in [0.2, 0.25) is 0 Å². The summed E-state index contributed by atoms with van der Waals surface area (Å²) in [5.41, 5.74) is 1.37. The number of aliphatic hydroxyl groups excluding tert-OH is 1. The van der Waals surface area contributed by atoms with E-state index in [0.717, 1.165) is 11.3 Å². The van der Waals surface area contributed by atoms with Gasteiger partial charge in [-0.3, -0.25) is 0 Å². The summed E-state index contributed by atoms with van der Waals surface area (Å²) in [6.45, 7) is -0.256. The highest BCUT2D eigenvalue weighted by molar-refractivity contribution is 8.00. The molecule has 0 fully saturated rings. The number of hydrogen-bond acceptors (Lipinski definition) is 3. The smallest absolute Gasteiger partial charge is 0.138 e. The van der Waals surface area contributed by atoms with E-state index >= 15 is 0 Å². The zero-order valence-corrected chi connectivity index (χ0v) is 11.2. The average molecular weight is 278 g/mol. The molecule has 0 aliphatic rings. The lowest BCUT2D eigenvalue weighted by Gasteiger charge is -2.02. The molecule has 1 nitrogen and oxygen atoms in total. The van der Waals surface area contributed by atoms with Gasteiger partial charge >= 0.3 is 0 Å². The molecule has 0 radical (unpaired) electrons. The Labute approximate surface area is 114 Å². The number of thioether (sulfide) groups is 1. The summed E-state index contributed by atoms with van der Waals surface area (Å²) in [6, 6.07) is 8.99. The predicted octanol–water partition coefficient (Wildman–Crippen LogP) is 3.52. The van der Waals surface area contributed by atoms with E-state index in [1.807, 2.05) is 11.4 Å². The molecule has 0 unspecified atom stereocenters. The van der Waals surface area contributed by atoms with Gasteiger partial charge in [-0.25, -0.2) is 4.39 Å². The molecule has 0 aliphatic carbocycles. The Morgan fingerprint density at radius 1 is 1.33 bits per heavy atom. The fourth-order valence-corrected chi connectivity index (χ4v) is 3.12. The highest BCUT2D eigenvalue weighted by atomic mass is 32.2. The van der Waals surface area contributed by atoms with Crippen LogP contribution < -0.4 is 0 Å². The predicted molar refractivity (Wildman–Crippen MR) is 74.2 cm³/mol. The number of rotatable bonds is 3. The van der Waals surface area contributed by atoms with Gasteiger partial charge in [0, 0.05) is 5.75 Å². The van der Waals surface area contributed by atoms with Gasteiger partial charge in [0.15, 0.2) is 0 Å². The van der Waals surface area contributed by atoms with Gasteiger partial charge in [0.1, 0.15) is 12.4 Å². The van der Waals surface area contributed by atoms with E-state index in [4.69, 9.17) is 5.11 Å². The maximum absolute atomic E-state index is 13.4. The maximum Gasteiger partial charge on any atom is 0.138 e. The van der Waals surface area contributed by atoms with Crippen LogP contribution >= 0.6 is 23.1 Å². The van der Waals surface area contributed by atoms with Gasteiger partial charge in [-0.2, -0.15) is 0 Å². The lowest BCUT2D eigenvalue weighted by molar-refractivity contribution is 0.350. The molecule has 0 spiro atoms. The molecule has 0 amide bonds. The van der Waals surface area contributed by atoms with Crippen molar-refractivity contribution in [3.05, 3.63) is 52.7 Å². The second-order valence-corrected chi connectivity index (χ2v) is 5.72. The minimum atomic E-state index is -0.346. The maximum atomic E-state index is 13.4. The first-order chi connectivity index (χ1) is 8.79. The Morgan fingerprint density at radius 3 is 2.94 bits per heavy atom. The molecule has 18 heavy (non-hydrogen) atoms. The number of benzene rings is 1. The van der Waals surface area contributed by atoms with E-state index in [-0.39, 0.29) is 12.4 Å². The van der Waals surface area contributed by atoms with Crippen LogP contribution in [0.3, 0.4) is 0 Å². The monoisotopic (exact) mass is 278 g/mol. The molecule has 0 atom stereocenters. The van der Waals surface area contributed by atoms with Crippen molar-refractivity contribution in [1.29, 1.82) is 0 Å². The zero-order chi connectivity index (χ0) is 12.8. The minimum Gasteiger partial charge on any atom is -0.384 e. The topological polar surface area (TPSA) is 20.2 Å². The quantitative estimate of drug-likeness (QED) is 0.684. The fourth-order valence-electron chi connectivity index (χ4n) is 1.39. The van der Waals surface area contributed by atoms with E-state index in [0.29, 0.717) is 5.56 Å². The Balaban J connectivity index is 2.09. The van der Waals surface area contributed by atoms with Crippen LogP contribution in [0.1, 0.15) is 11.1 Å². The first kappa shape index (κ1) is 13.2. The Hall–Kier alpha value is -1.28. The first-order valence-corrected chi connectivity index (χ1v) is 7.20. The lowest BCUT2D eigenvalue weighted by atomic mass is 10.1. The van der Waals surface area contributed by atoms with Gasteiger partial charge in [-0.1, -0.05) is 24.0 Å². The highest BCUT2D eigenvalue weighted by Crippen LogP contribution is 2.27. The summed E-state index contributed by atoms with van der Waals surface area (Å²) in [5.74, 6) is 5.52. The van der Waals surface area contributed by atoms with Crippen LogP contribution in [0.25, 0.3) is 0 Å². The molecule has 1 heterocycles. The van der Waals surface area contributed by atoms with Gasteiger partial charge in [0.25, 0.3) is 0 Å². The van der Waals surface area contributed by atoms with Crippen molar-refractivity contribution in [1.82, 2.24) is 0 Å². The zero-order valence-electron chi connectivity index (χ0n) is 9.52. The van der Waals surface area contributed by atoms with Crippen molar-refractivity contribution in [3.8, 4) is 11.8 Å². The molecule has 92 valence electrons. The summed E-state index contributed by atoms with van der Waals surface area (Å²) in [6.07, 6.45) is 0. The van der Waals surface area contributed by atoms with Gasteiger partial charge in [-0.15, -0.1) is 23.1 Å². The Morgan fingerprint density at radius 2 is 2.22 bits per heavy atom. The lowest BCUT2D eigenvalue weighted by Crippen LogP contribution is -1.88. The van der Waals surface area contributed by atoms with E-state index in [2.05, 4.69) is 17.9 Å². The second-order valence-electron chi connectivity index (χ2n) is 3.49. The standard InChI is InChI=1S/C14H11FOS2/c15-13-6-5-11(9-12(13)3-1-7-16)10-18-14-4-2-8-17-14/h2,4-6,8-9,16H,7,10H2. The molecule has 1 aromatic heterocycles. The van der Waals surface area contributed by atoms with Gasteiger partial charge in [-0.05, 0) is 29.1 Å². The van der Waals surface area contributed by atoms with Gasteiger partial charge in [0.05, 0.1) is 9.77 Å². The van der Waals surface area contributed by atoms with Crippen LogP contribution in [0.5, 0.6) is 0 Å². The van der Waals surface area contributed by atoms with Crippen molar-refractivity contribution in [2.45, 2.75) is 9.96 Å². The number of thiophene rings is 1. The van der Waals surface area contributed by atoms with Crippen molar-refractivity contribution in [2.24, 2.45) is 0 Å². The van der Waals surface area contributed by atoms with Crippen LogP contribution in [0, 0.1) is 17.7 Å². The van der Waals surface area contributed by atoms with Crippen molar-refractivity contribution in [2.75, 3.05) is 6.61 Å². The highest BCUT2D eigenvalue weighted by Gasteiger charge is 2.02. The molecular formula is C14H11FOS2. The van der Waals surface area contributed by atoms with Gasteiger partial charge in [0.2, 0.25) is 0 Å². The molecule has 1 aromatic carbocycles. The van der Waals surface area contributed by atoms with E-state index in [1.54, 1.807) is 35.2 Å². The summed E-state index contributed by atoms with van der Waals surface area (Å²) in [4.78, 5) is 0. The largest absolute Gasteiger partial charge is 0.384 e. The van der Waals surface area contributed by atoms with E-state index in [9.17, 15) is 4.39 Å². The molecule has 0 saturated heterocycles. The Kier molecular flexibility index (Phi) is 4.82. The van der Waals surface area contributed by atoms with Crippen molar-refractivity contribution in [3.63, 3.8) is 0 Å². The minimum absolute atomic E-state index is 0.256. The molecule has 0 bridgehead atoms. The summed E-state index contributed by atoms with van der Waals surface area (Å²) in [5, 5.41) is 10.7. The Bertz CT molecular complexity index is 567. The third kappa shape index (κ3) is 3.61. The SMILES string of the molecule is OCC#Cc1cc(CSc2cccs2)ccc1F. The molecule has 1 N–H and O–H groups in total. The van der Waals surface area contributed by atoms with Crippen LogP contribution in [-0.4, -0.2) is 11.7 Å². The van der Waals surface area contributed by atoms with Crippen LogP contribution in [0.4, 0.5) is 4.39 Å². The second kappa shape index (κ2) is 6.60. The normalized spacial score (nSPS) is 9.89. The number of aliphatic hydroxyl groups is 1. The molecule has 0 saturated carbocycles. The summed E-state index contributed by atoms with van der Waals surface area (Å²) >= 11 is 3.41. The third-order valence-electron chi connectivity index (χ3n) is 2.21. The summed E-state index contributed by atoms with van der Waals surface area (Å²) in [7, 11) is 0. The molecule has 4 heteroatoms. The first-order valence-electron chi connectivity index (χ1n) is 5.34. The van der Waals surface area contributed by atoms with E-state index < -0.39 is 0 Å². The molecular weight excluding hydrogens is 267 g/mol. The van der Waals surface area contributed by atoms with E-state index in [1.165, 1.54) is 10.3 Å². The molecule has 2 aromatic rings. The van der Waals surface area contributed by atoms with Crippen molar-refractivity contribution < 1.29 is 9.50 Å². The number of hydrogen-bond donors (Lipinski definition) is 1. The number of halogens is 1. The molecule has 2 rings (SSSR count). The average Bonchev–Trinajstić information content (AvgIpc) is 2.89.